The van der Waals surface area contributed by atoms with E-state index in [1.165, 1.54) is 4.90 Å². The first-order chi connectivity index (χ1) is 4.70. The monoisotopic (exact) mass is 154 g/mol. The number of phenols is 1. The predicted octanol–water partition coefficient (Wildman–Crippen LogP) is 2.08. The van der Waals surface area contributed by atoms with Gasteiger partial charge in [-0.05, 0) is 30.5 Å². The minimum atomic E-state index is 0.0517. The van der Waals surface area contributed by atoms with E-state index in [-0.39, 0.29) is 10.5 Å². The van der Waals surface area contributed by atoms with Crippen LogP contribution in [0.4, 0.5) is 0 Å². The fourth-order valence-corrected chi connectivity index (χ4v) is 1.28. The van der Waals surface area contributed by atoms with Gasteiger partial charge in [0.25, 0.3) is 0 Å². The average molecular weight is 154 g/mol. The van der Waals surface area contributed by atoms with Crippen molar-refractivity contribution in [2.45, 2.75) is 4.90 Å². The molecule has 0 radical (unpaired) electrons. The molecule has 1 unspecified atom stereocenters. The van der Waals surface area contributed by atoms with Crippen molar-refractivity contribution in [3.05, 3.63) is 24.3 Å². The molecule has 0 aliphatic carbocycles. The van der Waals surface area contributed by atoms with Gasteiger partial charge in [-0.1, -0.05) is 5.87 Å². The summed E-state index contributed by atoms with van der Waals surface area (Å²) in [4.78, 5) is 1.18. The van der Waals surface area contributed by atoms with Gasteiger partial charge >= 0.3 is 0 Å². The zero-order valence-electron chi connectivity index (χ0n) is 5.87. The number of rotatable bonds is 1. The molecule has 0 aromatic heterocycles. The summed E-state index contributed by atoms with van der Waals surface area (Å²) < 4.78 is 0. The summed E-state index contributed by atoms with van der Waals surface area (Å²) in [5.41, 5.74) is 0. The lowest BCUT2D eigenvalue weighted by molar-refractivity contribution is 0.475. The van der Waals surface area contributed by atoms with E-state index < -0.39 is 0 Å². The van der Waals surface area contributed by atoms with Gasteiger partial charge in [-0.15, -0.1) is 0 Å². The van der Waals surface area contributed by atoms with Crippen LogP contribution in [0.5, 0.6) is 5.75 Å². The largest absolute Gasteiger partial charge is 0.508 e. The highest BCUT2D eigenvalue weighted by Crippen LogP contribution is 2.21. The Kier molecular flexibility index (Phi) is 2.12. The molecule has 0 saturated heterocycles. The molecule has 1 aromatic carbocycles. The minimum Gasteiger partial charge on any atom is -0.508 e. The number of hydrogen-bond acceptors (Lipinski definition) is 1. The Balaban J connectivity index is 3.00. The van der Waals surface area contributed by atoms with Crippen LogP contribution in [0.2, 0.25) is 0 Å². The quantitative estimate of drug-likeness (QED) is 0.614. The van der Waals surface area contributed by atoms with Crippen LogP contribution in [0.15, 0.2) is 29.2 Å². The number of benzene rings is 1. The third-order valence-electron chi connectivity index (χ3n) is 1.24. The Morgan fingerprint density at radius 3 is 2.20 bits per heavy atom. The van der Waals surface area contributed by atoms with Gasteiger partial charge < -0.3 is 5.11 Å². The first-order valence-electron chi connectivity index (χ1n) is 2.95. The summed E-state index contributed by atoms with van der Waals surface area (Å²) in [5, 5.41) is 8.92. The summed E-state index contributed by atoms with van der Waals surface area (Å²) in [6.45, 7) is 0. The van der Waals surface area contributed by atoms with Crippen molar-refractivity contribution in [2.24, 2.45) is 0 Å². The maximum Gasteiger partial charge on any atom is 0.115 e. The Labute approximate surface area is 63.3 Å². The maximum absolute atomic E-state index is 8.92. The summed E-state index contributed by atoms with van der Waals surface area (Å²) in [7, 11) is 0.0517. The molecule has 1 aromatic rings. The van der Waals surface area contributed by atoms with E-state index in [2.05, 4.69) is 5.87 Å². The third-order valence-corrected chi connectivity index (χ3v) is 2.32. The molecule has 1 atom stereocenters. The van der Waals surface area contributed by atoms with Gasteiger partial charge in [-0.25, -0.2) is 0 Å². The van der Waals surface area contributed by atoms with Crippen LogP contribution in [0.25, 0.3) is 0 Å². The molecule has 0 fully saturated rings. The van der Waals surface area contributed by atoms with E-state index in [0.717, 1.165) is 0 Å². The number of hydrogen-bond donors (Lipinski definition) is 1. The zero-order valence-corrected chi connectivity index (χ0v) is 6.69. The fourth-order valence-electron chi connectivity index (χ4n) is 0.678. The summed E-state index contributed by atoms with van der Waals surface area (Å²) in [6.07, 6.45) is 2.05. The Morgan fingerprint density at radius 2 is 1.80 bits per heavy atom. The second-order valence-electron chi connectivity index (χ2n) is 2.13. The van der Waals surface area contributed by atoms with E-state index in [9.17, 15) is 0 Å². The molecular formula is C8H10OS. The fraction of sp³-hybridized carbons (Fsp3) is 0.125. The molecule has 1 nitrogen and oxygen atoms in total. The van der Waals surface area contributed by atoms with E-state index in [0.29, 0.717) is 5.75 Å². The van der Waals surface area contributed by atoms with Crippen molar-refractivity contribution < 1.29 is 5.11 Å². The Bertz CT molecular complexity index is 238. The van der Waals surface area contributed by atoms with Crippen LogP contribution in [0.1, 0.15) is 0 Å². The van der Waals surface area contributed by atoms with Crippen molar-refractivity contribution in [1.29, 1.82) is 0 Å². The number of phenolic OH excluding ortho intramolecular Hbond substituents is 1. The third kappa shape index (κ3) is 1.61. The first-order valence-corrected chi connectivity index (χ1v) is 4.75. The smallest absolute Gasteiger partial charge is 0.115 e. The molecule has 1 rings (SSSR count). The highest BCUT2D eigenvalue weighted by atomic mass is 32.2. The highest BCUT2D eigenvalue weighted by Gasteiger charge is 1.89. The summed E-state index contributed by atoms with van der Waals surface area (Å²) in [5.74, 6) is 4.20. The van der Waals surface area contributed by atoms with Crippen molar-refractivity contribution in [3.8, 4) is 5.75 Å². The van der Waals surface area contributed by atoms with E-state index in [1.807, 2.05) is 18.4 Å². The molecule has 10 heavy (non-hydrogen) atoms. The second-order valence-corrected chi connectivity index (χ2v) is 3.88. The van der Waals surface area contributed by atoms with Crippen LogP contribution in [-0.2, 0) is 0 Å². The van der Waals surface area contributed by atoms with Crippen molar-refractivity contribution in [3.63, 3.8) is 0 Å². The van der Waals surface area contributed by atoms with Crippen LogP contribution in [0, 0.1) is 0 Å². The Morgan fingerprint density at radius 1 is 1.30 bits per heavy atom. The molecule has 0 bridgehead atoms. The minimum absolute atomic E-state index is 0.0517. The standard InChI is InChI=1S/C8H10OS/c1-10(2)8-5-3-7(9)4-6-8/h3-6,9H,1H2,2H3. The second kappa shape index (κ2) is 2.88. The van der Waals surface area contributed by atoms with E-state index in [1.54, 1.807) is 12.1 Å². The van der Waals surface area contributed by atoms with Crippen molar-refractivity contribution in [1.82, 2.24) is 0 Å². The van der Waals surface area contributed by atoms with E-state index >= 15 is 0 Å². The lowest BCUT2D eigenvalue weighted by Gasteiger charge is -1.98. The SMILES string of the molecule is C=S(C)c1ccc(O)cc1. The van der Waals surface area contributed by atoms with Gasteiger partial charge in [0.15, 0.2) is 0 Å². The lowest BCUT2D eigenvalue weighted by atomic mass is 10.3. The van der Waals surface area contributed by atoms with Crippen LogP contribution < -0.4 is 0 Å². The van der Waals surface area contributed by atoms with Crippen LogP contribution in [0.3, 0.4) is 0 Å². The predicted molar refractivity (Wildman–Crippen MR) is 47.0 cm³/mol. The van der Waals surface area contributed by atoms with Gasteiger partial charge in [0, 0.05) is 4.90 Å². The molecule has 0 spiro atoms. The van der Waals surface area contributed by atoms with Gasteiger partial charge in [0.1, 0.15) is 5.75 Å². The molecule has 0 saturated carbocycles. The summed E-state index contributed by atoms with van der Waals surface area (Å²) >= 11 is 0. The van der Waals surface area contributed by atoms with Crippen LogP contribution in [-0.4, -0.2) is 17.2 Å². The topological polar surface area (TPSA) is 20.2 Å². The highest BCUT2D eigenvalue weighted by molar-refractivity contribution is 8.13. The molecule has 0 amide bonds. The first kappa shape index (κ1) is 7.35. The normalized spacial score (nSPS) is 12.9. The Hall–Kier alpha value is -0.760. The lowest BCUT2D eigenvalue weighted by Crippen LogP contribution is -1.70. The van der Waals surface area contributed by atoms with Crippen molar-refractivity contribution >= 4 is 16.4 Å². The number of aromatic hydroxyl groups is 1. The summed E-state index contributed by atoms with van der Waals surface area (Å²) in [6, 6.07) is 7.16. The van der Waals surface area contributed by atoms with Gasteiger partial charge in [0.05, 0.1) is 0 Å². The molecule has 0 heterocycles. The van der Waals surface area contributed by atoms with Gasteiger partial charge in [-0.2, -0.15) is 10.5 Å². The van der Waals surface area contributed by atoms with E-state index in [4.69, 9.17) is 5.11 Å². The molecule has 0 aliphatic rings. The van der Waals surface area contributed by atoms with Gasteiger partial charge in [0.2, 0.25) is 0 Å². The maximum atomic E-state index is 8.92. The average Bonchev–Trinajstić information content (AvgIpc) is 1.88. The molecule has 2 heteroatoms. The molecule has 54 valence electrons. The van der Waals surface area contributed by atoms with Gasteiger partial charge in [-0.3, -0.25) is 0 Å². The molecule has 0 aliphatic heterocycles. The molecular weight excluding hydrogens is 144 g/mol. The van der Waals surface area contributed by atoms with Crippen LogP contribution >= 0.6 is 10.5 Å². The molecule has 1 N–H and O–H groups in total. The zero-order chi connectivity index (χ0) is 7.56. The van der Waals surface area contributed by atoms with Crippen molar-refractivity contribution in [2.75, 3.05) is 6.26 Å².